The summed E-state index contributed by atoms with van der Waals surface area (Å²) in [6.45, 7) is 8.40. The highest BCUT2D eigenvalue weighted by Gasteiger charge is 2.41. The first-order valence-corrected chi connectivity index (χ1v) is 11.2. The van der Waals surface area contributed by atoms with Gasteiger partial charge < -0.3 is 18.9 Å². The average molecular weight is 449 g/mol. The Labute approximate surface area is 190 Å². The molecule has 0 bridgehead atoms. The molecule has 0 aromatic heterocycles. The van der Waals surface area contributed by atoms with Gasteiger partial charge >= 0.3 is 5.97 Å². The van der Waals surface area contributed by atoms with Gasteiger partial charge in [0.05, 0.1) is 30.9 Å². The predicted octanol–water partition coefficient (Wildman–Crippen LogP) is 6.09. The highest BCUT2D eigenvalue weighted by molar-refractivity contribution is 6.34. The summed E-state index contributed by atoms with van der Waals surface area (Å²) in [6, 6.07) is 1.62. The van der Waals surface area contributed by atoms with Crippen molar-refractivity contribution in [2.24, 2.45) is 11.8 Å². The van der Waals surface area contributed by atoms with Gasteiger partial charge in [0.1, 0.15) is 23.2 Å². The van der Waals surface area contributed by atoms with Gasteiger partial charge in [0.2, 0.25) is 0 Å². The Balaban J connectivity index is 2.08. The fourth-order valence-electron chi connectivity index (χ4n) is 4.54. The number of fused-ring (bicyclic) bond motifs is 2. The van der Waals surface area contributed by atoms with Crippen LogP contribution in [0.2, 0.25) is 5.02 Å². The molecule has 2 heterocycles. The van der Waals surface area contributed by atoms with Crippen molar-refractivity contribution in [1.82, 2.24) is 0 Å². The Morgan fingerprint density at radius 1 is 1.10 bits per heavy atom. The zero-order valence-electron chi connectivity index (χ0n) is 19.2. The first-order valence-electron chi connectivity index (χ1n) is 10.8. The van der Waals surface area contributed by atoms with Crippen molar-refractivity contribution in [1.29, 1.82) is 0 Å². The third-order valence-electron chi connectivity index (χ3n) is 6.09. The molecule has 1 fully saturated rings. The van der Waals surface area contributed by atoms with Crippen molar-refractivity contribution < 1.29 is 23.7 Å². The molecule has 31 heavy (non-hydrogen) atoms. The molecule has 1 aromatic carbocycles. The largest absolute Gasteiger partial charge is 0.496 e. The molecular weight excluding hydrogens is 416 g/mol. The number of hydrogen-bond acceptors (Lipinski definition) is 5. The van der Waals surface area contributed by atoms with E-state index in [9.17, 15) is 4.79 Å². The second kappa shape index (κ2) is 9.66. The molecule has 0 spiro atoms. The molecule has 0 saturated carbocycles. The molecule has 170 valence electrons. The van der Waals surface area contributed by atoms with E-state index in [0.29, 0.717) is 52.3 Å². The third kappa shape index (κ3) is 5.27. The molecule has 0 N–H and O–H groups in total. The lowest BCUT2D eigenvalue weighted by molar-refractivity contribution is -0.0208. The lowest BCUT2D eigenvalue weighted by Crippen LogP contribution is -2.22. The molecule has 3 rings (SSSR count). The van der Waals surface area contributed by atoms with Crippen LogP contribution in [-0.2, 0) is 9.47 Å². The maximum atomic E-state index is 13.1. The summed E-state index contributed by atoms with van der Waals surface area (Å²) >= 11 is 6.61. The molecule has 5 nitrogen and oxygen atoms in total. The van der Waals surface area contributed by atoms with Crippen LogP contribution in [-0.4, -0.2) is 38.0 Å². The van der Waals surface area contributed by atoms with Crippen molar-refractivity contribution in [2.45, 2.75) is 64.8 Å². The number of hydrogen-bond donors (Lipinski definition) is 0. The van der Waals surface area contributed by atoms with E-state index in [1.807, 2.05) is 19.1 Å². The van der Waals surface area contributed by atoms with E-state index in [-0.39, 0.29) is 17.8 Å². The molecule has 0 aliphatic carbocycles. The Morgan fingerprint density at radius 2 is 1.81 bits per heavy atom. The Hall–Kier alpha value is -1.98. The standard InChI is InChI=1S/C25H33ClO5/c1-15-9-7-10-16(2)30-24(27)22-17(23(26)21(29-6)13-20(22)28-5)11-8-12-19-18(15)14-25(3,4)31-19/h7-9,11,13,15-16,18-19H,10,12,14H2,1-6H3/b9-7-,11-8+/t15?,16-,18+,19-/m0/s1. The monoisotopic (exact) mass is 448 g/mol. The van der Waals surface area contributed by atoms with Crippen LogP contribution in [0, 0.1) is 11.8 Å². The maximum absolute atomic E-state index is 13.1. The topological polar surface area (TPSA) is 54.0 Å². The van der Waals surface area contributed by atoms with Gasteiger partial charge in [0.15, 0.2) is 0 Å². The molecule has 0 amide bonds. The van der Waals surface area contributed by atoms with Crippen molar-refractivity contribution in [3.05, 3.63) is 40.4 Å². The lowest BCUT2D eigenvalue weighted by Gasteiger charge is -2.22. The number of rotatable bonds is 2. The highest BCUT2D eigenvalue weighted by Crippen LogP contribution is 2.42. The maximum Gasteiger partial charge on any atom is 0.342 e. The molecule has 1 unspecified atom stereocenters. The van der Waals surface area contributed by atoms with E-state index in [0.717, 1.165) is 6.42 Å². The molecule has 2 aliphatic rings. The summed E-state index contributed by atoms with van der Waals surface area (Å²) in [5, 5.41) is 0.351. The minimum absolute atomic E-state index is 0.0907. The Kier molecular flexibility index (Phi) is 7.38. The molecule has 1 saturated heterocycles. The van der Waals surface area contributed by atoms with Gasteiger partial charge in [0.25, 0.3) is 0 Å². The first kappa shape index (κ1) is 23.7. The van der Waals surface area contributed by atoms with Crippen LogP contribution in [0.5, 0.6) is 11.5 Å². The Morgan fingerprint density at radius 3 is 2.48 bits per heavy atom. The van der Waals surface area contributed by atoms with E-state index in [4.69, 9.17) is 30.5 Å². The average Bonchev–Trinajstić information content (AvgIpc) is 3.02. The number of halogens is 1. The number of methoxy groups -OCH3 is 2. The number of benzene rings is 1. The number of carbonyl (C=O) groups is 1. The number of allylic oxidation sites excluding steroid dienone is 1. The van der Waals surface area contributed by atoms with Crippen LogP contribution < -0.4 is 9.47 Å². The number of ether oxygens (including phenoxy) is 4. The van der Waals surface area contributed by atoms with E-state index in [1.165, 1.54) is 14.2 Å². The predicted molar refractivity (Wildman–Crippen MR) is 123 cm³/mol. The highest BCUT2D eigenvalue weighted by atomic mass is 35.5. The summed E-state index contributed by atoms with van der Waals surface area (Å²) in [6.07, 6.45) is 10.3. The minimum Gasteiger partial charge on any atom is -0.496 e. The van der Waals surface area contributed by atoms with Crippen LogP contribution in [0.3, 0.4) is 0 Å². The molecule has 1 aromatic rings. The van der Waals surface area contributed by atoms with E-state index >= 15 is 0 Å². The van der Waals surface area contributed by atoms with Crippen LogP contribution >= 0.6 is 11.6 Å². The Bertz CT molecular complexity index is 873. The molecule has 0 radical (unpaired) electrons. The summed E-state index contributed by atoms with van der Waals surface area (Å²) in [5.74, 6) is 1.11. The quantitative estimate of drug-likeness (QED) is 0.405. The summed E-state index contributed by atoms with van der Waals surface area (Å²) in [4.78, 5) is 13.1. The number of cyclic esters (lactones) is 1. The molecule has 4 atom stereocenters. The molecule has 6 heteroatoms. The van der Waals surface area contributed by atoms with E-state index in [1.54, 1.807) is 6.07 Å². The van der Waals surface area contributed by atoms with E-state index < -0.39 is 5.97 Å². The van der Waals surface area contributed by atoms with Crippen molar-refractivity contribution in [3.8, 4) is 11.5 Å². The fraction of sp³-hybridized carbons (Fsp3) is 0.560. The first-order chi connectivity index (χ1) is 14.7. The van der Waals surface area contributed by atoms with Gasteiger partial charge in [-0.15, -0.1) is 0 Å². The number of esters is 1. The lowest BCUT2D eigenvalue weighted by atomic mass is 9.82. The minimum atomic E-state index is -0.469. The molecule has 2 aliphatic heterocycles. The zero-order chi connectivity index (χ0) is 22.8. The van der Waals surface area contributed by atoms with Crippen LogP contribution in [0.15, 0.2) is 24.3 Å². The van der Waals surface area contributed by atoms with Crippen molar-refractivity contribution in [2.75, 3.05) is 14.2 Å². The molecular formula is C25H33ClO5. The van der Waals surface area contributed by atoms with Crippen molar-refractivity contribution >= 4 is 23.6 Å². The normalized spacial score (nSPS) is 30.4. The third-order valence-corrected chi connectivity index (χ3v) is 6.48. The summed E-state index contributed by atoms with van der Waals surface area (Å²) in [5.41, 5.74) is 0.674. The van der Waals surface area contributed by atoms with Gasteiger partial charge in [-0.3, -0.25) is 0 Å². The van der Waals surface area contributed by atoms with Crippen molar-refractivity contribution in [3.63, 3.8) is 0 Å². The van der Waals surface area contributed by atoms with Crippen LogP contribution in [0.4, 0.5) is 0 Å². The second-order valence-corrected chi connectivity index (χ2v) is 9.42. The second-order valence-electron chi connectivity index (χ2n) is 9.04. The van der Waals surface area contributed by atoms with Gasteiger partial charge in [0, 0.05) is 18.1 Å². The fourth-order valence-corrected chi connectivity index (χ4v) is 4.82. The van der Waals surface area contributed by atoms with Gasteiger partial charge in [-0.1, -0.05) is 42.8 Å². The van der Waals surface area contributed by atoms with E-state index in [2.05, 4.69) is 32.9 Å². The summed E-state index contributed by atoms with van der Waals surface area (Å²) in [7, 11) is 3.05. The van der Waals surface area contributed by atoms with Gasteiger partial charge in [-0.25, -0.2) is 4.79 Å². The van der Waals surface area contributed by atoms with Gasteiger partial charge in [-0.2, -0.15) is 0 Å². The SMILES string of the molecule is COc1cc(OC)c2c(c1Cl)/C=C/C[C@@H]1OC(C)(C)C[C@@H]1C(C)/C=C\C[C@H](C)OC2=O. The number of carbonyl (C=O) groups excluding carboxylic acids is 1. The van der Waals surface area contributed by atoms with Crippen LogP contribution in [0.25, 0.3) is 6.08 Å². The summed E-state index contributed by atoms with van der Waals surface area (Å²) < 4.78 is 23.0. The zero-order valence-corrected chi connectivity index (χ0v) is 20.0. The van der Waals surface area contributed by atoms with Crippen LogP contribution in [0.1, 0.15) is 62.9 Å². The van der Waals surface area contributed by atoms with Gasteiger partial charge in [-0.05, 0) is 45.4 Å². The smallest absolute Gasteiger partial charge is 0.342 e.